The molecule has 1 unspecified atom stereocenters. The fourth-order valence-corrected chi connectivity index (χ4v) is 3.55. The molecular weight excluding hydrogens is 312 g/mol. The number of carbonyl (C=O) groups excluding carboxylic acids is 1. The molecule has 1 aromatic heterocycles. The molecule has 5 heteroatoms. The third-order valence-electron chi connectivity index (χ3n) is 4.91. The van der Waals surface area contributed by atoms with Crippen LogP contribution in [0.4, 0.5) is 4.79 Å². The van der Waals surface area contributed by atoms with Gasteiger partial charge in [-0.05, 0) is 31.7 Å². The summed E-state index contributed by atoms with van der Waals surface area (Å²) >= 11 is 0. The molecule has 1 aliphatic heterocycles. The Morgan fingerprint density at radius 2 is 2.12 bits per heavy atom. The minimum atomic E-state index is 0.0451. The predicted octanol–water partition coefficient (Wildman–Crippen LogP) is 3.34. The van der Waals surface area contributed by atoms with Crippen LogP contribution in [0.25, 0.3) is 0 Å². The minimum absolute atomic E-state index is 0.0451. The van der Waals surface area contributed by atoms with Gasteiger partial charge < -0.3 is 14.8 Å². The van der Waals surface area contributed by atoms with Crippen molar-refractivity contribution < 1.29 is 4.79 Å². The lowest BCUT2D eigenvalue weighted by Gasteiger charge is -2.18. The minimum Gasteiger partial charge on any atom is -0.338 e. The van der Waals surface area contributed by atoms with Gasteiger partial charge in [0.15, 0.2) is 0 Å². The average Bonchev–Trinajstić information content (AvgIpc) is 3.24. The molecule has 5 nitrogen and oxygen atoms in total. The zero-order valence-electron chi connectivity index (χ0n) is 15.2. The highest BCUT2D eigenvalue weighted by Crippen LogP contribution is 2.27. The van der Waals surface area contributed by atoms with Crippen molar-refractivity contribution in [3.8, 4) is 0 Å². The maximum atomic E-state index is 12.4. The van der Waals surface area contributed by atoms with Crippen molar-refractivity contribution in [2.45, 2.75) is 45.6 Å². The number of likely N-dealkylation sites (tertiary alicyclic amines) is 1. The largest absolute Gasteiger partial charge is 0.338 e. The first-order chi connectivity index (χ1) is 12.2. The number of hydrogen-bond donors (Lipinski definition) is 1. The van der Waals surface area contributed by atoms with E-state index in [0.717, 1.165) is 44.7 Å². The number of aryl methyl sites for hydroxylation is 1. The van der Waals surface area contributed by atoms with Crippen LogP contribution in [0.15, 0.2) is 36.5 Å². The number of benzene rings is 1. The second-order valence-corrected chi connectivity index (χ2v) is 6.81. The highest BCUT2D eigenvalue weighted by Gasteiger charge is 2.30. The topological polar surface area (TPSA) is 50.2 Å². The van der Waals surface area contributed by atoms with Gasteiger partial charge in [0, 0.05) is 44.0 Å². The van der Waals surface area contributed by atoms with Gasteiger partial charge in [-0.25, -0.2) is 9.78 Å². The number of nitrogens with one attached hydrogen (secondary N) is 1. The van der Waals surface area contributed by atoms with Crippen LogP contribution in [-0.2, 0) is 13.0 Å². The molecule has 0 aliphatic carbocycles. The Kier molecular flexibility index (Phi) is 5.74. The third kappa shape index (κ3) is 4.21. The summed E-state index contributed by atoms with van der Waals surface area (Å²) in [5, 5.41) is 3.05. The number of carbonyl (C=O) groups is 1. The van der Waals surface area contributed by atoms with E-state index in [4.69, 9.17) is 0 Å². The van der Waals surface area contributed by atoms with E-state index in [0.29, 0.717) is 12.5 Å². The number of aromatic nitrogens is 2. The lowest BCUT2D eigenvalue weighted by molar-refractivity contribution is 0.208. The van der Waals surface area contributed by atoms with Crippen LogP contribution < -0.4 is 5.32 Å². The molecule has 0 saturated carbocycles. The summed E-state index contributed by atoms with van der Waals surface area (Å²) in [5.41, 5.74) is 2.46. The van der Waals surface area contributed by atoms with Crippen LogP contribution in [0.2, 0.25) is 0 Å². The zero-order valence-corrected chi connectivity index (χ0v) is 15.2. The number of imidazole rings is 1. The van der Waals surface area contributed by atoms with E-state index in [1.165, 1.54) is 11.3 Å². The number of urea groups is 1. The molecule has 134 valence electrons. The molecule has 2 heterocycles. The molecule has 0 spiro atoms. The summed E-state index contributed by atoms with van der Waals surface area (Å²) in [6, 6.07) is 10.3. The van der Waals surface area contributed by atoms with E-state index in [9.17, 15) is 4.79 Å². The van der Waals surface area contributed by atoms with E-state index < -0.39 is 0 Å². The van der Waals surface area contributed by atoms with Crippen LogP contribution >= 0.6 is 0 Å². The first-order valence-corrected chi connectivity index (χ1v) is 9.27. The fourth-order valence-electron chi connectivity index (χ4n) is 3.55. The van der Waals surface area contributed by atoms with Gasteiger partial charge in [0.25, 0.3) is 0 Å². The third-order valence-corrected chi connectivity index (χ3v) is 4.91. The predicted molar refractivity (Wildman–Crippen MR) is 99.7 cm³/mol. The van der Waals surface area contributed by atoms with Crippen molar-refractivity contribution in [3.05, 3.63) is 53.6 Å². The molecule has 2 aromatic rings. The molecule has 1 atom stereocenters. The smallest absolute Gasteiger partial charge is 0.317 e. The van der Waals surface area contributed by atoms with E-state index in [1.807, 2.05) is 29.3 Å². The first-order valence-electron chi connectivity index (χ1n) is 9.27. The Morgan fingerprint density at radius 3 is 2.88 bits per heavy atom. The lowest BCUT2D eigenvalue weighted by atomic mass is 10.1. The standard InChI is InChI=1S/C20H28N4O/c1-3-12-24-16(2)14-22-19(24)18-10-13-23(15-18)20(25)21-11-9-17-7-5-4-6-8-17/h4-8,14,18H,3,9-13,15H2,1-2H3,(H,21,25). The zero-order chi connectivity index (χ0) is 17.6. The quantitative estimate of drug-likeness (QED) is 0.877. The van der Waals surface area contributed by atoms with Crippen molar-refractivity contribution in [2.24, 2.45) is 0 Å². The highest BCUT2D eigenvalue weighted by atomic mass is 16.2. The molecule has 25 heavy (non-hydrogen) atoms. The van der Waals surface area contributed by atoms with Crippen LogP contribution in [0, 0.1) is 6.92 Å². The number of rotatable bonds is 6. The van der Waals surface area contributed by atoms with Crippen molar-refractivity contribution >= 4 is 6.03 Å². The molecule has 3 rings (SSSR count). The van der Waals surface area contributed by atoms with Gasteiger partial charge in [-0.1, -0.05) is 37.3 Å². The van der Waals surface area contributed by atoms with E-state index >= 15 is 0 Å². The van der Waals surface area contributed by atoms with Gasteiger partial charge >= 0.3 is 6.03 Å². The Bertz CT molecular complexity index is 695. The van der Waals surface area contributed by atoms with Crippen LogP contribution in [0.1, 0.15) is 42.8 Å². The average molecular weight is 340 g/mol. The van der Waals surface area contributed by atoms with Crippen LogP contribution in [0.5, 0.6) is 0 Å². The molecule has 0 radical (unpaired) electrons. The molecule has 2 amide bonds. The van der Waals surface area contributed by atoms with Gasteiger partial charge in [-0.15, -0.1) is 0 Å². The molecule has 1 saturated heterocycles. The van der Waals surface area contributed by atoms with E-state index in [1.54, 1.807) is 0 Å². The van der Waals surface area contributed by atoms with E-state index in [2.05, 4.69) is 40.8 Å². The maximum absolute atomic E-state index is 12.4. The second kappa shape index (κ2) is 8.19. The molecule has 1 aromatic carbocycles. The maximum Gasteiger partial charge on any atom is 0.317 e. The monoisotopic (exact) mass is 340 g/mol. The van der Waals surface area contributed by atoms with Crippen molar-refractivity contribution in [1.29, 1.82) is 0 Å². The number of nitrogens with zero attached hydrogens (tertiary/aromatic N) is 3. The summed E-state index contributed by atoms with van der Waals surface area (Å²) in [4.78, 5) is 19.0. The second-order valence-electron chi connectivity index (χ2n) is 6.81. The molecule has 1 aliphatic rings. The Morgan fingerprint density at radius 1 is 1.32 bits per heavy atom. The summed E-state index contributed by atoms with van der Waals surface area (Å²) < 4.78 is 2.31. The van der Waals surface area contributed by atoms with Crippen molar-refractivity contribution in [3.63, 3.8) is 0 Å². The number of hydrogen-bond acceptors (Lipinski definition) is 2. The summed E-state index contributed by atoms with van der Waals surface area (Å²) in [7, 11) is 0. The lowest BCUT2D eigenvalue weighted by Crippen LogP contribution is -2.39. The number of amides is 2. The summed E-state index contributed by atoms with van der Waals surface area (Å²) in [6.45, 7) is 7.53. The first kappa shape index (κ1) is 17.5. The van der Waals surface area contributed by atoms with E-state index in [-0.39, 0.29) is 6.03 Å². The van der Waals surface area contributed by atoms with Gasteiger partial charge in [0.2, 0.25) is 0 Å². The molecule has 1 N–H and O–H groups in total. The summed E-state index contributed by atoms with van der Waals surface area (Å²) in [6.07, 6.45) is 4.91. The van der Waals surface area contributed by atoms with Gasteiger partial charge in [-0.2, -0.15) is 0 Å². The van der Waals surface area contributed by atoms with Gasteiger partial charge in [-0.3, -0.25) is 0 Å². The van der Waals surface area contributed by atoms with Crippen LogP contribution in [0.3, 0.4) is 0 Å². The Balaban J connectivity index is 1.51. The Hall–Kier alpha value is -2.30. The van der Waals surface area contributed by atoms with Gasteiger partial charge in [0.1, 0.15) is 5.82 Å². The van der Waals surface area contributed by atoms with Crippen molar-refractivity contribution in [2.75, 3.05) is 19.6 Å². The molecular formula is C20H28N4O. The Labute approximate surface area is 150 Å². The SMILES string of the molecule is CCCn1c(C)cnc1C1CCN(C(=O)NCCc2ccccc2)C1. The normalized spacial score (nSPS) is 17.0. The van der Waals surface area contributed by atoms with Crippen LogP contribution in [-0.4, -0.2) is 40.1 Å². The molecule has 0 bridgehead atoms. The van der Waals surface area contributed by atoms with Crippen molar-refractivity contribution in [1.82, 2.24) is 19.8 Å². The van der Waals surface area contributed by atoms with Gasteiger partial charge in [0.05, 0.1) is 0 Å². The fraction of sp³-hybridized carbons (Fsp3) is 0.500. The molecule has 1 fully saturated rings. The highest BCUT2D eigenvalue weighted by molar-refractivity contribution is 5.74. The summed E-state index contributed by atoms with van der Waals surface area (Å²) in [5.74, 6) is 1.49.